The molecule has 1 aromatic heterocycles. The topological polar surface area (TPSA) is 39.6 Å². The SMILES string of the molecule is CCc1cccc2c(C(CCCC#N)c3ccc(C)cc3)c[nH]c12. The molecule has 0 radical (unpaired) electrons. The van der Waals surface area contributed by atoms with Gasteiger partial charge in [-0.25, -0.2) is 0 Å². The standard InChI is InChI=1S/C22H24N2/c1-3-17-7-6-9-20-21(15-24-22(17)20)19(8-4-5-14-23)18-12-10-16(2)11-13-18/h6-7,9-13,15,19,24H,3-5,8H2,1-2H3. The number of para-hydroxylation sites is 1. The Bertz CT molecular complexity index is 850. The number of fused-ring (bicyclic) bond motifs is 1. The summed E-state index contributed by atoms with van der Waals surface area (Å²) in [6.45, 7) is 4.31. The molecule has 122 valence electrons. The van der Waals surface area contributed by atoms with Crippen molar-refractivity contribution in [3.8, 4) is 6.07 Å². The van der Waals surface area contributed by atoms with Crippen molar-refractivity contribution in [1.29, 1.82) is 5.26 Å². The van der Waals surface area contributed by atoms with Gasteiger partial charge in [-0.15, -0.1) is 0 Å². The van der Waals surface area contributed by atoms with Crippen LogP contribution in [0.4, 0.5) is 0 Å². The zero-order chi connectivity index (χ0) is 16.9. The second-order valence-electron chi connectivity index (χ2n) is 6.45. The number of hydrogen-bond acceptors (Lipinski definition) is 1. The second-order valence-corrected chi connectivity index (χ2v) is 6.45. The fraction of sp³-hybridized carbons (Fsp3) is 0.318. The van der Waals surface area contributed by atoms with Gasteiger partial charge in [0.15, 0.2) is 0 Å². The predicted octanol–water partition coefficient (Wildman–Crippen LogP) is 5.86. The van der Waals surface area contributed by atoms with Crippen molar-refractivity contribution in [1.82, 2.24) is 4.98 Å². The third-order valence-corrected chi connectivity index (χ3v) is 4.85. The van der Waals surface area contributed by atoms with E-state index in [2.05, 4.69) is 73.6 Å². The Balaban J connectivity index is 2.05. The Morgan fingerprint density at radius 2 is 1.92 bits per heavy atom. The zero-order valence-electron chi connectivity index (χ0n) is 14.5. The van der Waals surface area contributed by atoms with Crippen molar-refractivity contribution < 1.29 is 0 Å². The van der Waals surface area contributed by atoms with E-state index >= 15 is 0 Å². The second kappa shape index (κ2) is 7.36. The van der Waals surface area contributed by atoms with E-state index < -0.39 is 0 Å². The number of nitrogens with zero attached hydrogens (tertiary/aromatic N) is 1. The molecule has 1 N–H and O–H groups in total. The van der Waals surface area contributed by atoms with Crippen LogP contribution in [0.3, 0.4) is 0 Å². The van der Waals surface area contributed by atoms with Crippen LogP contribution in [-0.2, 0) is 6.42 Å². The minimum absolute atomic E-state index is 0.333. The first-order valence-electron chi connectivity index (χ1n) is 8.77. The number of aromatic amines is 1. The lowest BCUT2D eigenvalue weighted by Gasteiger charge is -2.17. The zero-order valence-corrected chi connectivity index (χ0v) is 14.5. The van der Waals surface area contributed by atoms with Gasteiger partial charge in [-0.2, -0.15) is 5.26 Å². The largest absolute Gasteiger partial charge is 0.361 e. The molecule has 0 amide bonds. The molecule has 1 heterocycles. The highest BCUT2D eigenvalue weighted by molar-refractivity contribution is 5.87. The van der Waals surface area contributed by atoms with E-state index in [1.54, 1.807) is 0 Å². The van der Waals surface area contributed by atoms with Crippen molar-refractivity contribution in [2.24, 2.45) is 0 Å². The van der Waals surface area contributed by atoms with Gasteiger partial charge < -0.3 is 4.98 Å². The van der Waals surface area contributed by atoms with Gasteiger partial charge in [0.05, 0.1) is 6.07 Å². The third-order valence-electron chi connectivity index (χ3n) is 4.85. The Kier molecular flexibility index (Phi) is 5.01. The lowest BCUT2D eigenvalue weighted by atomic mass is 9.86. The van der Waals surface area contributed by atoms with Gasteiger partial charge in [0.1, 0.15) is 0 Å². The van der Waals surface area contributed by atoms with E-state index in [-0.39, 0.29) is 0 Å². The molecular formula is C22H24N2. The summed E-state index contributed by atoms with van der Waals surface area (Å²) in [5.74, 6) is 0.333. The molecule has 0 aliphatic heterocycles. The van der Waals surface area contributed by atoms with E-state index in [1.165, 1.54) is 33.2 Å². The minimum atomic E-state index is 0.333. The van der Waals surface area contributed by atoms with Gasteiger partial charge in [0.2, 0.25) is 0 Å². The first kappa shape index (κ1) is 16.3. The summed E-state index contributed by atoms with van der Waals surface area (Å²) in [6.07, 6.45) is 5.74. The molecule has 0 saturated carbocycles. The molecule has 2 aromatic carbocycles. The quantitative estimate of drug-likeness (QED) is 0.568. The molecule has 2 nitrogen and oxygen atoms in total. The summed E-state index contributed by atoms with van der Waals surface area (Å²) in [7, 11) is 0. The number of nitrogens with one attached hydrogen (secondary N) is 1. The predicted molar refractivity (Wildman–Crippen MR) is 100 cm³/mol. The van der Waals surface area contributed by atoms with Crippen LogP contribution in [-0.4, -0.2) is 4.98 Å². The average Bonchev–Trinajstić information content (AvgIpc) is 3.04. The molecule has 3 rings (SSSR count). The number of aromatic nitrogens is 1. The number of H-pyrrole nitrogens is 1. The molecule has 0 bridgehead atoms. The van der Waals surface area contributed by atoms with Crippen LogP contribution in [0, 0.1) is 18.3 Å². The number of nitriles is 1. The van der Waals surface area contributed by atoms with Crippen molar-refractivity contribution >= 4 is 10.9 Å². The summed E-state index contributed by atoms with van der Waals surface area (Å²) < 4.78 is 0. The summed E-state index contributed by atoms with van der Waals surface area (Å²) in [4.78, 5) is 3.49. The van der Waals surface area contributed by atoms with Crippen LogP contribution < -0.4 is 0 Å². The summed E-state index contributed by atoms with van der Waals surface area (Å²) >= 11 is 0. The molecule has 0 spiro atoms. The van der Waals surface area contributed by atoms with Gasteiger partial charge in [-0.1, -0.05) is 55.0 Å². The number of aryl methyl sites for hydroxylation is 2. The first-order chi connectivity index (χ1) is 11.7. The molecule has 0 aliphatic rings. The lowest BCUT2D eigenvalue weighted by Crippen LogP contribution is -2.01. The fourth-order valence-electron chi connectivity index (χ4n) is 3.51. The molecular weight excluding hydrogens is 292 g/mol. The highest BCUT2D eigenvalue weighted by atomic mass is 14.7. The van der Waals surface area contributed by atoms with E-state index in [1.807, 2.05) is 0 Å². The van der Waals surface area contributed by atoms with Gasteiger partial charge in [-0.05, 0) is 42.9 Å². The fourth-order valence-corrected chi connectivity index (χ4v) is 3.51. The monoisotopic (exact) mass is 316 g/mol. The molecule has 0 fully saturated rings. The van der Waals surface area contributed by atoms with Gasteiger partial charge >= 0.3 is 0 Å². The van der Waals surface area contributed by atoms with E-state index in [0.29, 0.717) is 12.3 Å². The minimum Gasteiger partial charge on any atom is -0.361 e. The van der Waals surface area contributed by atoms with Crippen molar-refractivity contribution in [2.75, 3.05) is 0 Å². The lowest BCUT2D eigenvalue weighted by molar-refractivity contribution is 0.676. The molecule has 1 atom stereocenters. The molecule has 0 aliphatic carbocycles. The maximum Gasteiger partial charge on any atom is 0.0621 e. The molecule has 0 saturated heterocycles. The molecule has 2 heteroatoms. The van der Waals surface area contributed by atoms with Crippen molar-refractivity contribution in [2.45, 2.75) is 45.4 Å². The van der Waals surface area contributed by atoms with Crippen molar-refractivity contribution in [3.63, 3.8) is 0 Å². The first-order valence-corrected chi connectivity index (χ1v) is 8.77. The van der Waals surface area contributed by atoms with E-state index in [0.717, 1.165) is 19.3 Å². The number of rotatable bonds is 6. The van der Waals surface area contributed by atoms with Gasteiger partial charge in [0.25, 0.3) is 0 Å². The summed E-state index contributed by atoms with van der Waals surface area (Å²) in [5.41, 5.74) is 6.58. The highest BCUT2D eigenvalue weighted by Crippen LogP contribution is 2.35. The van der Waals surface area contributed by atoms with Gasteiger partial charge in [0, 0.05) is 29.4 Å². The van der Waals surface area contributed by atoms with E-state index in [9.17, 15) is 0 Å². The van der Waals surface area contributed by atoms with Crippen LogP contribution in [0.25, 0.3) is 10.9 Å². The molecule has 24 heavy (non-hydrogen) atoms. The maximum absolute atomic E-state index is 8.90. The number of benzene rings is 2. The smallest absolute Gasteiger partial charge is 0.0621 e. The third kappa shape index (κ3) is 3.21. The van der Waals surface area contributed by atoms with Crippen LogP contribution in [0.1, 0.15) is 54.4 Å². The Morgan fingerprint density at radius 1 is 1.12 bits per heavy atom. The summed E-state index contributed by atoms with van der Waals surface area (Å²) in [5, 5.41) is 10.2. The number of hydrogen-bond donors (Lipinski definition) is 1. The Hall–Kier alpha value is -2.53. The Labute approximate surface area is 144 Å². The maximum atomic E-state index is 8.90. The van der Waals surface area contributed by atoms with Crippen LogP contribution in [0.15, 0.2) is 48.7 Å². The average molecular weight is 316 g/mol. The van der Waals surface area contributed by atoms with Gasteiger partial charge in [-0.3, -0.25) is 0 Å². The van der Waals surface area contributed by atoms with E-state index in [4.69, 9.17) is 5.26 Å². The number of unbranched alkanes of at least 4 members (excludes halogenated alkanes) is 1. The van der Waals surface area contributed by atoms with Crippen molar-refractivity contribution in [3.05, 3.63) is 70.9 Å². The Morgan fingerprint density at radius 3 is 2.62 bits per heavy atom. The summed E-state index contributed by atoms with van der Waals surface area (Å²) in [6, 6.07) is 17.7. The normalized spacial score (nSPS) is 12.2. The molecule has 3 aromatic rings. The highest BCUT2D eigenvalue weighted by Gasteiger charge is 2.18. The van der Waals surface area contributed by atoms with Crippen LogP contribution in [0.2, 0.25) is 0 Å². The van der Waals surface area contributed by atoms with Crippen LogP contribution in [0.5, 0.6) is 0 Å². The van der Waals surface area contributed by atoms with Crippen LogP contribution >= 0.6 is 0 Å². The molecule has 1 unspecified atom stereocenters.